The lowest BCUT2D eigenvalue weighted by Crippen LogP contribution is -2.41. The number of urea groups is 1. The standard InChI is InChI=1S/C22H37N5O5.C12H19NO4/c1-4-18(26-21(30)17-9-10-19(11-17)32-14(2)28)13-25-27-22(31)24-12-15-5-7-16(8-6-15)20(29)23-3;1-3-10(7-14)13-12(16)9-4-5-11(6-9)17-8(2)15/h13,15-19H,4-12H2,1-3H3,(H,23,29)(H,26,30)(H2,24,27,31);7,9-11H,3-6H2,1-2H3,(H,13,16)/b25-13+;/t15?,16?,17-,18-,19-;9-,10-,11-/m00/s1. The number of aldehydes is 1. The number of hydrogen-bond acceptors (Lipinski definition) is 10. The van der Waals surface area contributed by atoms with Gasteiger partial charge in [-0.1, -0.05) is 13.8 Å². The number of hydrazone groups is 1. The lowest BCUT2D eigenvalue weighted by molar-refractivity contribution is -0.147. The van der Waals surface area contributed by atoms with Crippen molar-refractivity contribution in [1.29, 1.82) is 0 Å². The molecule has 0 aliphatic heterocycles. The van der Waals surface area contributed by atoms with Gasteiger partial charge in [-0.2, -0.15) is 5.10 Å². The van der Waals surface area contributed by atoms with Crippen LogP contribution < -0.4 is 26.7 Å². The summed E-state index contributed by atoms with van der Waals surface area (Å²) >= 11 is 0. The molecule has 0 saturated heterocycles. The number of amides is 5. The molecule has 3 saturated carbocycles. The molecule has 0 bridgehead atoms. The number of carbonyl (C=O) groups is 7. The Balaban J connectivity index is 0.000000412. The highest BCUT2D eigenvalue weighted by molar-refractivity contribution is 5.84. The summed E-state index contributed by atoms with van der Waals surface area (Å²) in [5.74, 6) is -0.634. The summed E-state index contributed by atoms with van der Waals surface area (Å²) in [5.41, 5.74) is 2.44. The molecule has 0 radical (unpaired) electrons. The van der Waals surface area contributed by atoms with E-state index in [9.17, 15) is 33.6 Å². The number of carbonyl (C=O) groups excluding carboxylic acids is 7. The first-order chi connectivity index (χ1) is 23.4. The molecule has 6 atom stereocenters. The molecule has 0 aromatic rings. The van der Waals surface area contributed by atoms with Gasteiger partial charge in [0, 0.05) is 51.4 Å². The predicted molar refractivity (Wildman–Crippen MR) is 181 cm³/mol. The van der Waals surface area contributed by atoms with Gasteiger partial charge >= 0.3 is 18.0 Å². The van der Waals surface area contributed by atoms with Gasteiger partial charge in [0.25, 0.3) is 0 Å². The Bertz CT molecular complexity index is 1160. The van der Waals surface area contributed by atoms with Crippen LogP contribution in [-0.4, -0.2) is 86.1 Å². The van der Waals surface area contributed by atoms with Crippen molar-refractivity contribution in [1.82, 2.24) is 26.7 Å². The smallest absolute Gasteiger partial charge is 0.335 e. The van der Waals surface area contributed by atoms with Gasteiger partial charge in [0.2, 0.25) is 17.7 Å². The zero-order chi connectivity index (χ0) is 36.3. The second kappa shape index (κ2) is 21.8. The molecule has 0 spiro atoms. The summed E-state index contributed by atoms with van der Waals surface area (Å²) in [6, 6.07) is -1.10. The molecule has 15 nitrogen and oxygen atoms in total. The van der Waals surface area contributed by atoms with Gasteiger partial charge in [-0.25, -0.2) is 10.2 Å². The van der Waals surface area contributed by atoms with Gasteiger partial charge in [0.05, 0.1) is 12.1 Å². The number of nitrogens with zero attached hydrogens (tertiary/aromatic N) is 1. The quantitative estimate of drug-likeness (QED) is 0.0781. The summed E-state index contributed by atoms with van der Waals surface area (Å²) in [7, 11) is 1.66. The predicted octanol–water partition coefficient (Wildman–Crippen LogP) is 2.26. The molecular formula is C34H56N6O9. The van der Waals surface area contributed by atoms with Crippen molar-refractivity contribution < 1.29 is 43.0 Å². The second-order valence-corrected chi connectivity index (χ2v) is 13.1. The zero-order valence-corrected chi connectivity index (χ0v) is 29.6. The normalized spacial score (nSPS) is 25.8. The van der Waals surface area contributed by atoms with Gasteiger partial charge in [0.15, 0.2) is 0 Å². The van der Waals surface area contributed by atoms with E-state index in [4.69, 9.17) is 9.47 Å². The van der Waals surface area contributed by atoms with E-state index in [2.05, 4.69) is 31.8 Å². The fourth-order valence-electron chi connectivity index (χ4n) is 6.41. The summed E-state index contributed by atoms with van der Waals surface area (Å²) in [6.07, 6.45) is 10.5. The third-order valence-corrected chi connectivity index (χ3v) is 9.31. The van der Waals surface area contributed by atoms with Gasteiger partial charge in [-0.15, -0.1) is 0 Å². The van der Waals surface area contributed by atoms with Crippen LogP contribution in [0.3, 0.4) is 0 Å². The topological polar surface area (TPSA) is 210 Å². The van der Waals surface area contributed by atoms with Crippen LogP contribution in [0, 0.1) is 23.7 Å². The minimum atomic E-state index is -0.407. The molecule has 276 valence electrons. The lowest BCUT2D eigenvalue weighted by atomic mass is 9.81. The first kappa shape index (κ1) is 41.1. The molecular weight excluding hydrogens is 636 g/mol. The number of ether oxygens (including phenoxy) is 2. The van der Waals surface area contributed by atoms with Crippen LogP contribution >= 0.6 is 0 Å². The lowest BCUT2D eigenvalue weighted by Gasteiger charge is -2.27. The van der Waals surface area contributed by atoms with E-state index in [-0.39, 0.29) is 65.7 Å². The van der Waals surface area contributed by atoms with Crippen LogP contribution in [0.4, 0.5) is 4.79 Å². The highest BCUT2D eigenvalue weighted by Gasteiger charge is 2.33. The Morgan fingerprint density at radius 1 is 0.714 bits per heavy atom. The Hall–Kier alpha value is -4.04. The van der Waals surface area contributed by atoms with Crippen LogP contribution in [0.5, 0.6) is 0 Å². The minimum Gasteiger partial charge on any atom is -0.463 e. The number of nitrogens with one attached hydrogen (secondary N) is 5. The molecule has 3 aliphatic rings. The molecule has 15 heteroatoms. The van der Waals surface area contributed by atoms with Crippen molar-refractivity contribution in [3.8, 4) is 0 Å². The van der Waals surface area contributed by atoms with E-state index in [1.165, 1.54) is 20.1 Å². The minimum absolute atomic E-state index is 0.0765. The molecule has 49 heavy (non-hydrogen) atoms. The Morgan fingerprint density at radius 2 is 1.20 bits per heavy atom. The molecule has 5 N–H and O–H groups in total. The fraction of sp³-hybridized carbons (Fsp3) is 0.765. The Kier molecular flexibility index (Phi) is 18.3. The van der Waals surface area contributed by atoms with Crippen molar-refractivity contribution in [3.63, 3.8) is 0 Å². The maximum atomic E-state index is 12.5. The highest BCUT2D eigenvalue weighted by Crippen LogP contribution is 2.30. The van der Waals surface area contributed by atoms with Crippen LogP contribution in [0.25, 0.3) is 0 Å². The molecule has 5 amide bonds. The monoisotopic (exact) mass is 692 g/mol. The van der Waals surface area contributed by atoms with Crippen molar-refractivity contribution in [3.05, 3.63) is 0 Å². The Morgan fingerprint density at radius 3 is 1.65 bits per heavy atom. The summed E-state index contributed by atoms with van der Waals surface area (Å²) in [4.78, 5) is 80.4. The molecule has 0 aromatic carbocycles. The van der Waals surface area contributed by atoms with Gasteiger partial charge in [-0.05, 0) is 83.0 Å². The number of rotatable bonds is 14. The van der Waals surface area contributed by atoms with E-state index < -0.39 is 12.1 Å². The van der Waals surface area contributed by atoms with Crippen molar-refractivity contribution in [2.75, 3.05) is 13.6 Å². The average molecular weight is 693 g/mol. The highest BCUT2D eigenvalue weighted by atomic mass is 16.5. The molecule has 3 aliphatic carbocycles. The molecule has 0 aromatic heterocycles. The zero-order valence-electron chi connectivity index (χ0n) is 29.6. The molecule has 0 heterocycles. The SMILES string of the molecule is CC[C@@H](/C=N/NC(=O)NCC1CCC(C(=O)NC)CC1)NC(=O)[C@H]1CC[C@H](OC(C)=O)C1.CC[C@@H](C=O)NC(=O)[C@H]1CC[C@H](OC(C)=O)C1. The van der Waals surface area contributed by atoms with Gasteiger partial charge in [0.1, 0.15) is 18.5 Å². The van der Waals surface area contributed by atoms with Crippen LogP contribution in [0.15, 0.2) is 5.10 Å². The third kappa shape index (κ3) is 15.4. The third-order valence-electron chi connectivity index (χ3n) is 9.31. The van der Waals surface area contributed by atoms with Crippen molar-refractivity contribution in [2.24, 2.45) is 28.8 Å². The number of hydrogen-bond donors (Lipinski definition) is 5. The first-order valence-electron chi connectivity index (χ1n) is 17.6. The van der Waals surface area contributed by atoms with Crippen LogP contribution in [0.2, 0.25) is 0 Å². The maximum Gasteiger partial charge on any atom is 0.335 e. The fourth-order valence-corrected chi connectivity index (χ4v) is 6.41. The van der Waals surface area contributed by atoms with E-state index in [1.54, 1.807) is 7.05 Å². The van der Waals surface area contributed by atoms with E-state index in [0.29, 0.717) is 57.4 Å². The van der Waals surface area contributed by atoms with E-state index in [0.717, 1.165) is 38.4 Å². The van der Waals surface area contributed by atoms with Gasteiger partial charge in [-0.3, -0.25) is 24.0 Å². The first-order valence-corrected chi connectivity index (χ1v) is 17.6. The maximum absolute atomic E-state index is 12.5. The summed E-state index contributed by atoms with van der Waals surface area (Å²) in [5, 5.41) is 15.1. The molecule has 0 unspecified atom stereocenters. The van der Waals surface area contributed by atoms with Crippen molar-refractivity contribution >= 4 is 48.2 Å². The summed E-state index contributed by atoms with van der Waals surface area (Å²) in [6.45, 7) is 7.05. The largest absolute Gasteiger partial charge is 0.463 e. The second-order valence-electron chi connectivity index (χ2n) is 13.1. The Labute approximate surface area is 289 Å². The molecule has 3 rings (SSSR count). The van der Waals surface area contributed by atoms with Crippen LogP contribution in [0.1, 0.15) is 105 Å². The summed E-state index contributed by atoms with van der Waals surface area (Å²) < 4.78 is 10.2. The van der Waals surface area contributed by atoms with E-state index >= 15 is 0 Å². The average Bonchev–Trinajstić information content (AvgIpc) is 3.75. The van der Waals surface area contributed by atoms with Crippen LogP contribution in [-0.2, 0) is 38.2 Å². The molecule has 3 fully saturated rings. The number of esters is 2. The van der Waals surface area contributed by atoms with E-state index in [1.807, 2.05) is 13.8 Å². The van der Waals surface area contributed by atoms with Crippen molar-refractivity contribution in [2.45, 2.75) is 129 Å². The van der Waals surface area contributed by atoms with Gasteiger partial charge < -0.3 is 35.5 Å².